The lowest BCUT2D eigenvalue weighted by Crippen LogP contribution is -3.14. The second kappa shape index (κ2) is 7.41. The number of nitrogens with one attached hydrogen (secondary N) is 1. The molecule has 1 aliphatic rings. The van der Waals surface area contributed by atoms with Crippen LogP contribution >= 0.6 is 0 Å². The fourth-order valence-electron chi connectivity index (χ4n) is 2.66. The SMILES string of the molecule is CC[NH+]1CCN(C(=O)/C=C/c2ccc(C(C)C)cc2)CC1. The van der Waals surface area contributed by atoms with Crippen molar-refractivity contribution in [2.24, 2.45) is 0 Å². The molecular weight excluding hydrogens is 260 g/mol. The molecule has 1 N–H and O–H groups in total. The Morgan fingerprint density at radius 2 is 1.86 bits per heavy atom. The number of carbonyl (C=O) groups excluding carboxylic acids is 1. The number of nitrogens with zero attached hydrogens (tertiary/aromatic N) is 1. The molecule has 2 rings (SSSR count). The molecule has 1 aliphatic heterocycles. The molecule has 1 amide bonds. The Bertz CT molecular complexity index is 482. The minimum atomic E-state index is 0.137. The smallest absolute Gasteiger partial charge is 0.246 e. The maximum Gasteiger partial charge on any atom is 0.246 e. The highest BCUT2D eigenvalue weighted by molar-refractivity contribution is 5.91. The van der Waals surface area contributed by atoms with Gasteiger partial charge in [0.15, 0.2) is 0 Å². The van der Waals surface area contributed by atoms with Crippen LogP contribution in [-0.2, 0) is 4.79 Å². The van der Waals surface area contributed by atoms with Gasteiger partial charge in [0.25, 0.3) is 0 Å². The molecule has 1 aromatic rings. The van der Waals surface area contributed by atoms with Crippen LogP contribution in [-0.4, -0.2) is 43.5 Å². The van der Waals surface area contributed by atoms with Crippen molar-refractivity contribution in [3.63, 3.8) is 0 Å². The van der Waals surface area contributed by atoms with Crippen LogP contribution in [0.3, 0.4) is 0 Å². The van der Waals surface area contributed by atoms with Gasteiger partial charge in [-0.1, -0.05) is 38.1 Å². The van der Waals surface area contributed by atoms with Crippen LogP contribution in [0.4, 0.5) is 0 Å². The van der Waals surface area contributed by atoms with Crippen LogP contribution in [0.2, 0.25) is 0 Å². The Morgan fingerprint density at radius 3 is 2.38 bits per heavy atom. The molecular formula is C18H27N2O+. The first-order chi connectivity index (χ1) is 10.1. The molecule has 0 bridgehead atoms. The lowest BCUT2D eigenvalue weighted by Gasteiger charge is -2.30. The van der Waals surface area contributed by atoms with Gasteiger partial charge in [-0.15, -0.1) is 0 Å². The van der Waals surface area contributed by atoms with E-state index in [1.54, 1.807) is 11.0 Å². The summed E-state index contributed by atoms with van der Waals surface area (Å²) < 4.78 is 0. The Kier molecular flexibility index (Phi) is 5.57. The van der Waals surface area contributed by atoms with Crippen LogP contribution in [0.25, 0.3) is 6.08 Å². The molecule has 3 nitrogen and oxygen atoms in total. The maximum absolute atomic E-state index is 12.2. The number of benzene rings is 1. The predicted octanol–water partition coefficient (Wildman–Crippen LogP) is 1.57. The summed E-state index contributed by atoms with van der Waals surface area (Å²) in [5, 5.41) is 0. The third-order valence-corrected chi connectivity index (χ3v) is 4.30. The molecule has 114 valence electrons. The van der Waals surface area contributed by atoms with Crippen LogP contribution in [0.15, 0.2) is 30.3 Å². The summed E-state index contributed by atoms with van der Waals surface area (Å²) in [5.74, 6) is 0.681. The molecule has 21 heavy (non-hydrogen) atoms. The van der Waals surface area contributed by atoms with Gasteiger partial charge in [-0.25, -0.2) is 0 Å². The van der Waals surface area contributed by atoms with Crippen molar-refractivity contribution in [3.8, 4) is 0 Å². The predicted molar refractivity (Wildman–Crippen MR) is 87.4 cm³/mol. The summed E-state index contributed by atoms with van der Waals surface area (Å²) in [7, 11) is 0. The third-order valence-electron chi connectivity index (χ3n) is 4.30. The minimum Gasteiger partial charge on any atom is -0.332 e. The Labute approximate surface area is 128 Å². The fraction of sp³-hybridized carbons (Fsp3) is 0.500. The Morgan fingerprint density at radius 1 is 1.24 bits per heavy atom. The zero-order valence-electron chi connectivity index (χ0n) is 13.4. The average molecular weight is 287 g/mol. The standard InChI is InChI=1S/C18H26N2O/c1-4-19-11-13-20(14-12-19)18(21)10-7-16-5-8-17(9-6-16)15(2)3/h5-10,15H,4,11-14H2,1-3H3/p+1/b10-7+. The topological polar surface area (TPSA) is 24.8 Å². The van der Waals surface area contributed by atoms with E-state index in [1.165, 1.54) is 5.56 Å². The number of carbonyl (C=O) groups is 1. The van der Waals surface area contributed by atoms with Crippen molar-refractivity contribution in [3.05, 3.63) is 41.5 Å². The molecule has 0 unspecified atom stereocenters. The summed E-state index contributed by atoms with van der Waals surface area (Å²) in [4.78, 5) is 15.7. The quantitative estimate of drug-likeness (QED) is 0.836. The molecule has 1 aromatic carbocycles. The minimum absolute atomic E-state index is 0.137. The molecule has 0 aliphatic carbocycles. The summed E-state index contributed by atoms with van der Waals surface area (Å²) in [6, 6.07) is 8.44. The monoisotopic (exact) mass is 287 g/mol. The molecule has 0 aromatic heterocycles. The van der Waals surface area contributed by atoms with E-state index in [4.69, 9.17) is 0 Å². The van der Waals surface area contributed by atoms with Gasteiger partial charge < -0.3 is 9.80 Å². The van der Waals surface area contributed by atoms with Gasteiger partial charge in [0.2, 0.25) is 5.91 Å². The van der Waals surface area contributed by atoms with Crippen molar-refractivity contribution in [2.45, 2.75) is 26.7 Å². The van der Waals surface area contributed by atoms with E-state index in [1.807, 2.05) is 11.0 Å². The summed E-state index contributed by atoms with van der Waals surface area (Å²) >= 11 is 0. The molecule has 0 spiro atoms. The van der Waals surface area contributed by atoms with Crippen LogP contribution in [0.5, 0.6) is 0 Å². The molecule has 1 heterocycles. The zero-order valence-corrected chi connectivity index (χ0v) is 13.4. The summed E-state index contributed by atoms with van der Waals surface area (Å²) in [5.41, 5.74) is 2.42. The lowest BCUT2D eigenvalue weighted by atomic mass is 10.0. The second-order valence-corrected chi connectivity index (χ2v) is 6.08. The highest BCUT2D eigenvalue weighted by Gasteiger charge is 2.20. The molecule has 0 radical (unpaired) electrons. The molecule has 0 saturated carbocycles. The van der Waals surface area contributed by atoms with E-state index in [0.717, 1.165) is 38.3 Å². The van der Waals surface area contributed by atoms with Crippen molar-refractivity contribution in [1.82, 2.24) is 4.90 Å². The molecule has 0 atom stereocenters. The molecule has 3 heteroatoms. The second-order valence-electron chi connectivity index (χ2n) is 6.08. The molecule has 1 saturated heterocycles. The number of amides is 1. The van der Waals surface area contributed by atoms with E-state index >= 15 is 0 Å². The van der Waals surface area contributed by atoms with Crippen molar-refractivity contribution < 1.29 is 9.69 Å². The highest BCUT2D eigenvalue weighted by Crippen LogP contribution is 2.15. The number of rotatable bonds is 4. The first-order valence-electron chi connectivity index (χ1n) is 8.00. The normalized spacial score (nSPS) is 16.9. The summed E-state index contributed by atoms with van der Waals surface area (Å²) in [6.45, 7) is 11.6. The van der Waals surface area contributed by atoms with Gasteiger partial charge in [-0.2, -0.15) is 0 Å². The average Bonchev–Trinajstić information content (AvgIpc) is 2.53. The van der Waals surface area contributed by atoms with E-state index in [2.05, 4.69) is 45.0 Å². The number of likely N-dealkylation sites (N-methyl/N-ethyl adjacent to an activating group) is 1. The largest absolute Gasteiger partial charge is 0.332 e. The fourth-order valence-corrected chi connectivity index (χ4v) is 2.66. The highest BCUT2D eigenvalue weighted by atomic mass is 16.2. The van der Waals surface area contributed by atoms with Gasteiger partial charge in [0.1, 0.15) is 0 Å². The van der Waals surface area contributed by atoms with Gasteiger partial charge in [0.05, 0.1) is 32.7 Å². The first kappa shape index (κ1) is 15.8. The number of piperazine rings is 1. The Hall–Kier alpha value is -1.61. The van der Waals surface area contributed by atoms with Crippen molar-refractivity contribution in [1.29, 1.82) is 0 Å². The van der Waals surface area contributed by atoms with Gasteiger partial charge >= 0.3 is 0 Å². The van der Waals surface area contributed by atoms with E-state index in [-0.39, 0.29) is 5.91 Å². The number of quaternary nitrogens is 1. The van der Waals surface area contributed by atoms with Crippen molar-refractivity contribution in [2.75, 3.05) is 32.7 Å². The van der Waals surface area contributed by atoms with Gasteiger partial charge in [-0.05, 0) is 30.0 Å². The van der Waals surface area contributed by atoms with E-state index in [9.17, 15) is 4.79 Å². The van der Waals surface area contributed by atoms with E-state index < -0.39 is 0 Å². The van der Waals surface area contributed by atoms with Gasteiger partial charge in [0, 0.05) is 6.08 Å². The van der Waals surface area contributed by atoms with Crippen molar-refractivity contribution >= 4 is 12.0 Å². The molecule has 1 fully saturated rings. The first-order valence-corrected chi connectivity index (χ1v) is 8.00. The Balaban J connectivity index is 1.90. The third kappa shape index (κ3) is 4.43. The number of hydrogen-bond acceptors (Lipinski definition) is 1. The van der Waals surface area contributed by atoms with E-state index in [0.29, 0.717) is 5.92 Å². The lowest BCUT2D eigenvalue weighted by molar-refractivity contribution is -0.902. The number of hydrogen-bond donors (Lipinski definition) is 1. The zero-order chi connectivity index (χ0) is 15.2. The summed E-state index contributed by atoms with van der Waals surface area (Å²) in [6.07, 6.45) is 3.63. The maximum atomic E-state index is 12.2. The van der Waals surface area contributed by atoms with Gasteiger partial charge in [-0.3, -0.25) is 4.79 Å². The van der Waals surface area contributed by atoms with Crippen LogP contribution in [0.1, 0.15) is 37.8 Å². The van der Waals surface area contributed by atoms with Crippen LogP contribution < -0.4 is 4.90 Å². The van der Waals surface area contributed by atoms with Crippen LogP contribution in [0, 0.1) is 0 Å².